The summed E-state index contributed by atoms with van der Waals surface area (Å²) in [5, 5.41) is 0. The molecule has 1 N–H and O–H groups in total. The Balaban J connectivity index is 1.84. The van der Waals surface area contributed by atoms with Gasteiger partial charge in [0.15, 0.2) is 17.3 Å². The molecule has 0 aliphatic carbocycles. The lowest BCUT2D eigenvalue weighted by atomic mass is 10.2. The molecule has 1 aromatic carbocycles. The van der Waals surface area contributed by atoms with Crippen LogP contribution in [0.3, 0.4) is 0 Å². The minimum Gasteiger partial charge on any atom is -0.486 e. The molecule has 1 aliphatic heterocycles. The smallest absolute Gasteiger partial charge is 0.163 e. The Hall–Kier alpha value is -2.08. The average Bonchev–Trinajstić information content (AvgIpc) is 2.88. The van der Waals surface area contributed by atoms with Crippen molar-refractivity contribution < 1.29 is 9.47 Å². The average molecular weight is 332 g/mol. The predicted molar refractivity (Wildman–Crippen MR) is 78.0 cm³/mol. The van der Waals surface area contributed by atoms with Crippen LogP contribution in [0.15, 0.2) is 34.9 Å². The van der Waals surface area contributed by atoms with E-state index >= 15 is 0 Å². The van der Waals surface area contributed by atoms with Crippen LogP contribution in [0.1, 0.15) is 0 Å². The molecule has 20 heavy (non-hydrogen) atoms. The Labute approximate surface area is 123 Å². The first-order chi connectivity index (χ1) is 9.79. The van der Waals surface area contributed by atoms with Crippen LogP contribution in [0.2, 0.25) is 0 Å². The summed E-state index contributed by atoms with van der Waals surface area (Å²) in [5.74, 6) is 2.23. The lowest BCUT2D eigenvalue weighted by Crippen LogP contribution is -2.15. The quantitative estimate of drug-likeness (QED) is 0.744. The third kappa shape index (κ3) is 1.92. The highest BCUT2D eigenvalue weighted by molar-refractivity contribution is 9.10. The van der Waals surface area contributed by atoms with Gasteiger partial charge < -0.3 is 14.5 Å². The van der Waals surface area contributed by atoms with Crippen molar-refractivity contribution in [1.29, 1.82) is 0 Å². The lowest BCUT2D eigenvalue weighted by Gasteiger charge is -2.17. The first-order valence-corrected chi connectivity index (χ1v) is 7.00. The molecule has 0 radical (unpaired) electrons. The molecule has 4 rings (SSSR count). The van der Waals surface area contributed by atoms with Gasteiger partial charge in [-0.2, -0.15) is 0 Å². The van der Waals surface area contributed by atoms with E-state index in [0.29, 0.717) is 13.2 Å². The number of nitrogens with zero attached hydrogens (tertiary/aromatic N) is 2. The molecule has 6 heteroatoms. The number of hydrogen-bond acceptors (Lipinski definition) is 4. The zero-order chi connectivity index (χ0) is 13.5. The third-order valence-electron chi connectivity index (χ3n) is 3.12. The monoisotopic (exact) mass is 331 g/mol. The van der Waals surface area contributed by atoms with Crippen molar-refractivity contribution in [2.24, 2.45) is 0 Å². The molecule has 2 aromatic heterocycles. The summed E-state index contributed by atoms with van der Waals surface area (Å²) < 4.78 is 12.1. The minimum absolute atomic E-state index is 0.573. The second-order valence-electron chi connectivity index (χ2n) is 4.46. The number of imidazole rings is 1. The first kappa shape index (κ1) is 11.7. The number of rotatable bonds is 1. The second kappa shape index (κ2) is 4.49. The molecule has 0 spiro atoms. The Morgan fingerprint density at radius 3 is 2.65 bits per heavy atom. The molecule has 0 saturated carbocycles. The zero-order valence-electron chi connectivity index (χ0n) is 10.4. The van der Waals surface area contributed by atoms with E-state index < -0.39 is 0 Å². The maximum Gasteiger partial charge on any atom is 0.163 e. The summed E-state index contributed by atoms with van der Waals surface area (Å²) in [7, 11) is 0. The highest BCUT2D eigenvalue weighted by Gasteiger charge is 2.15. The summed E-state index contributed by atoms with van der Waals surface area (Å²) in [4.78, 5) is 12.1. The van der Waals surface area contributed by atoms with Crippen molar-refractivity contribution in [2.75, 3.05) is 13.2 Å². The van der Waals surface area contributed by atoms with Crippen molar-refractivity contribution in [3.05, 3.63) is 34.9 Å². The molecule has 0 unspecified atom stereocenters. The standard InChI is InChI=1S/C14H10BrN3O2/c15-8-1-2-9(16-7-8)14-17-10-5-12-13(6-11(10)18-14)20-4-3-19-12/h1-2,5-7H,3-4H2,(H,17,18). The first-order valence-electron chi connectivity index (χ1n) is 6.21. The Bertz CT molecular complexity index is 740. The number of benzene rings is 1. The van der Waals surface area contributed by atoms with E-state index in [1.807, 2.05) is 24.3 Å². The largest absolute Gasteiger partial charge is 0.486 e. The molecule has 0 atom stereocenters. The van der Waals surface area contributed by atoms with E-state index in [9.17, 15) is 0 Å². The molecule has 0 amide bonds. The molecule has 3 aromatic rings. The molecule has 5 nitrogen and oxygen atoms in total. The van der Waals surface area contributed by atoms with Crippen LogP contribution in [0.5, 0.6) is 11.5 Å². The lowest BCUT2D eigenvalue weighted by molar-refractivity contribution is 0.172. The van der Waals surface area contributed by atoms with Crippen LogP contribution in [-0.4, -0.2) is 28.2 Å². The summed E-state index contributed by atoms with van der Waals surface area (Å²) in [6.45, 7) is 1.15. The van der Waals surface area contributed by atoms with Crippen LogP contribution in [0.4, 0.5) is 0 Å². The van der Waals surface area contributed by atoms with Crippen LogP contribution < -0.4 is 9.47 Å². The van der Waals surface area contributed by atoms with Gasteiger partial charge in [0.25, 0.3) is 0 Å². The van der Waals surface area contributed by atoms with Gasteiger partial charge in [-0.1, -0.05) is 0 Å². The number of pyridine rings is 1. The van der Waals surface area contributed by atoms with Crippen molar-refractivity contribution in [1.82, 2.24) is 15.0 Å². The highest BCUT2D eigenvalue weighted by Crippen LogP contribution is 2.34. The van der Waals surface area contributed by atoms with Crippen molar-refractivity contribution >= 4 is 27.0 Å². The van der Waals surface area contributed by atoms with Crippen molar-refractivity contribution in [2.45, 2.75) is 0 Å². The number of ether oxygens (including phenoxy) is 2. The molecular formula is C14H10BrN3O2. The zero-order valence-corrected chi connectivity index (χ0v) is 12.0. The maximum absolute atomic E-state index is 5.57. The van der Waals surface area contributed by atoms with Crippen LogP contribution in [0, 0.1) is 0 Å². The van der Waals surface area contributed by atoms with Crippen molar-refractivity contribution in [3.63, 3.8) is 0 Å². The van der Waals surface area contributed by atoms with E-state index in [2.05, 4.69) is 30.9 Å². The molecule has 0 saturated heterocycles. The van der Waals surface area contributed by atoms with Gasteiger partial charge >= 0.3 is 0 Å². The number of halogens is 1. The van der Waals surface area contributed by atoms with Gasteiger partial charge in [-0.25, -0.2) is 4.98 Å². The number of aromatic nitrogens is 3. The van der Waals surface area contributed by atoms with E-state index in [1.165, 1.54) is 0 Å². The number of hydrogen-bond donors (Lipinski definition) is 1. The third-order valence-corrected chi connectivity index (χ3v) is 3.58. The second-order valence-corrected chi connectivity index (χ2v) is 5.38. The molecular weight excluding hydrogens is 322 g/mol. The van der Waals surface area contributed by atoms with Gasteiger partial charge in [0.05, 0.1) is 11.0 Å². The molecule has 0 fully saturated rings. The number of H-pyrrole nitrogens is 1. The predicted octanol–water partition coefficient (Wildman–Crippen LogP) is 3.16. The molecule has 3 heterocycles. The van der Waals surface area contributed by atoms with Crippen molar-refractivity contribution in [3.8, 4) is 23.0 Å². The summed E-state index contributed by atoms with van der Waals surface area (Å²) in [5.41, 5.74) is 2.55. The SMILES string of the molecule is Brc1ccc(-c2nc3cc4c(cc3[nH]2)OCCO4)nc1. The number of aromatic amines is 1. The molecule has 1 aliphatic rings. The maximum atomic E-state index is 5.57. The topological polar surface area (TPSA) is 60.0 Å². The molecule has 100 valence electrons. The van der Waals surface area contributed by atoms with Gasteiger partial charge in [0, 0.05) is 22.8 Å². The minimum atomic E-state index is 0.573. The highest BCUT2D eigenvalue weighted by atomic mass is 79.9. The van der Waals surface area contributed by atoms with Crippen LogP contribution >= 0.6 is 15.9 Å². The normalized spacial score (nSPS) is 13.7. The number of nitrogens with one attached hydrogen (secondary N) is 1. The van der Waals surface area contributed by atoms with Gasteiger partial charge in [0.1, 0.15) is 18.9 Å². The Morgan fingerprint density at radius 1 is 1.10 bits per heavy atom. The van der Waals surface area contributed by atoms with Gasteiger partial charge in [0.2, 0.25) is 0 Å². The van der Waals surface area contributed by atoms with Gasteiger partial charge in [-0.15, -0.1) is 0 Å². The van der Waals surface area contributed by atoms with Gasteiger partial charge in [-0.3, -0.25) is 4.98 Å². The van der Waals surface area contributed by atoms with Gasteiger partial charge in [-0.05, 0) is 28.1 Å². The van der Waals surface area contributed by atoms with E-state index in [1.54, 1.807) is 6.20 Å². The van der Waals surface area contributed by atoms with E-state index in [0.717, 1.165) is 38.5 Å². The summed E-state index contributed by atoms with van der Waals surface area (Å²) >= 11 is 3.37. The molecule has 0 bridgehead atoms. The fourth-order valence-electron chi connectivity index (χ4n) is 2.18. The van der Waals surface area contributed by atoms with Crippen LogP contribution in [0.25, 0.3) is 22.6 Å². The summed E-state index contributed by atoms with van der Waals surface area (Å²) in [6.07, 6.45) is 1.75. The fraction of sp³-hybridized carbons (Fsp3) is 0.143. The van der Waals surface area contributed by atoms with E-state index in [-0.39, 0.29) is 0 Å². The fourth-order valence-corrected chi connectivity index (χ4v) is 2.42. The Kier molecular flexibility index (Phi) is 2.63. The number of fused-ring (bicyclic) bond motifs is 2. The van der Waals surface area contributed by atoms with Crippen LogP contribution in [-0.2, 0) is 0 Å². The van der Waals surface area contributed by atoms with E-state index in [4.69, 9.17) is 9.47 Å². The summed E-state index contributed by atoms with van der Waals surface area (Å²) in [6, 6.07) is 7.66. The Morgan fingerprint density at radius 2 is 1.90 bits per heavy atom.